The Bertz CT molecular complexity index is 902. The van der Waals surface area contributed by atoms with Gasteiger partial charge in [0, 0.05) is 50.1 Å². The Morgan fingerprint density at radius 3 is 2.69 bits per heavy atom. The molecular formula is C25H32ClN3O3. The molecular weight excluding hydrogens is 426 g/mol. The predicted octanol–water partition coefficient (Wildman–Crippen LogP) is 4.10. The van der Waals surface area contributed by atoms with Crippen molar-refractivity contribution in [1.29, 1.82) is 0 Å². The lowest BCUT2D eigenvalue weighted by atomic mass is 9.96. The van der Waals surface area contributed by atoms with E-state index in [0.717, 1.165) is 50.3 Å². The van der Waals surface area contributed by atoms with Crippen molar-refractivity contribution in [2.24, 2.45) is 0 Å². The highest BCUT2D eigenvalue weighted by Crippen LogP contribution is 2.27. The third-order valence-electron chi connectivity index (χ3n) is 6.16. The van der Waals surface area contributed by atoms with Crippen molar-refractivity contribution in [3.63, 3.8) is 0 Å². The summed E-state index contributed by atoms with van der Waals surface area (Å²) in [6.07, 6.45) is 7.45. The highest BCUT2D eigenvalue weighted by Gasteiger charge is 2.41. The average molecular weight is 458 g/mol. The van der Waals surface area contributed by atoms with E-state index < -0.39 is 5.60 Å². The Morgan fingerprint density at radius 1 is 1.16 bits per heavy atom. The number of halogens is 1. The fourth-order valence-electron chi connectivity index (χ4n) is 4.54. The fourth-order valence-corrected chi connectivity index (χ4v) is 4.67. The molecule has 6 nitrogen and oxygen atoms in total. The van der Waals surface area contributed by atoms with Gasteiger partial charge in [0.15, 0.2) is 0 Å². The van der Waals surface area contributed by atoms with Crippen LogP contribution in [0.25, 0.3) is 0 Å². The maximum absolute atomic E-state index is 13.2. The van der Waals surface area contributed by atoms with Crippen molar-refractivity contribution in [2.75, 3.05) is 39.4 Å². The number of ether oxygens (including phenoxy) is 2. The third kappa shape index (κ3) is 6.21. The van der Waals surface area contributed by atoms with Crippen LogP contribution in [-0.2, 0) is 16.1 Å². The van der Waals surface area contributed by atoms with Gasteiger partial charge in [-0.25, -0.2) is 0 Å². The van der Waals surface area contributed by atoms with E-state index in [4.69, 9.17) is 21.1 Å². The van der Waals surface area contributed by atoms with Gasteiger partial charge in [-0.2, -0.15) is 0 Å². The molecule has 3 heterocycles. The number of aromatic nitrogens is 1. The molecule has 0 aliphatic carbocycles. The molecule has 2 fully saturated rings. The van der Waals surface area contributed by atoms with Crippen molar-refractivity contribution in [1.82, 2.24) is 14.8 Å². The highest BCUT2D eigenvalue weighted by molar-refractivity contribution is 6.30. The summed E-state index contributed by atoms with van der Waals surface area (Å²) < 4.78 is 12.4. The van der Waals surface area contributed by atoms with Gasteiger partial charge in [-0.15, -0.1) is 0 Å². The van der Waals surface area contributed by atoms with Crippen LogP contribution < -0.4 is 4.74 Å². The van der Waals surface area contributed by atoms with Gasteiger partial charge in [-0.3, -0.25) is 14.7 Å². The number of hydrogen-bond acceptors (Lipinski definition) is 5. The number of carbonyl (C=O) groups is 1. The number of piperidine rings is 1. The van der Waals surface area contributed by atoms with Gasteiger partial charge >= 0.3 is 0 Å². The van der Waals surface area contributed by atoms with E-state index >= 15 is 0 Å². The molecule has 32 heavy (non-hydrogen) atoms. The number of hydrogen-bond donors (Lipinski definition) is 0. The SMILES string of the molecule is Cc1cncc(CN2CCOC(COc3ccc(Cl)cc3)(CC(=O)N3CCCCC3)C2)c1. The Hall–Kier alpha value is -2.15. The summed E-state index contributed by atoms with van der Waals surface area (Å²) >= 11 is 6.01. The minimum Gasteiger partial charge on any atom is -0.491 e. The lowest BCUT2D eigenvalue weighted by Gasteiger charge is -2.43. The van der Waals surface area contributed by atoms with Gasteiger partial charge in [0.2, 0.25) is 5.91 Å². The number of rotatable bonds is 7. The molecule has 0 saturated carbocycles. The summed E-state index contributed by atoms with van der Waals surface area (Å²) in [6.45, 7) is 6.84. The highest BCUT2D eigenvalue weighted by atomic mass is 35.5. The number of nitrogens with zero attached hydrogens (tertiary/aromatic N) is 3. The number of amides is 1. The molecule has 1 amide bonds. The van der Waals surface area contributed by atoms with E-state index in [9.17, 15) is 4.79 Å². The van der Waals surface area contributed by atoms with Gasteiger partial charge in [-0.05, 0) is 61.6 Å². The second-order valence-corrected chi connectivity index (χ2v) is 9.41. The predicted molar refractivity (Wildman–Crippen MR) is 125 cm³/mol. The minimum atomic E-state index is -0.691. The van der Waals surface area contributed by atoms with Gasteiger partial charge in [-0.1, -0.05) is 17.7 Å². The van der Waals surface area contributed by atoms with Crippen molar-refractivity contribution in [3.8, 4) is 5.75 Å². The number of morpholine rings is 1. The molecule has 4 rings (SSSR count). The summed E-state index contributed by atoms with van der Waals surface area (Å²) in [7, 11) is 0. The monoisotopic (exact) mass is 457 g/mol. The number of carbonyl (C=O) groups excluding carboxylic acids is 1. The Balaban J connectivity index is 1.48. The van der Waals surface area contributed by atoms with E-state index in [-0.39, 0.29) is 5.91 Å². The van der Waals surface area contributed by atoms with Crippen molar-refractivity contribution >= 4 is 17.5 Å². The van der Waals surface area contributed by atoms with Crippen LogP contribution in [0.5, 0.6) is 5.75 Å². The molecule has 2 saturated heterocycles. The quantitative estimate of drug-likeness (QED) is 0.626. The molecule has 1 atom stereocenters. The molecule has 1 aromatic carbocycles. The summed E-state index contributed by atoms with van der Waals surface area (Å²) in [5, 5.41) is 0.666. The molecule has 0 spiro atoms. The van der Waals surface area contributed by atoms with E-state index in [2.05, 4.69) is 22.9 Å². The molecule has 0 bridgehead atoms. The van der Waals surface area contributed by atoms with E-state index in [1.165, 1.54) is 12.0 Å². The number of benzene rings is 1. The van der Waals surface area contributed by atoms with Crippen LogP contribution in [0, 0.1) is 6.92 Å². The molecule has 0 N–H and O–H groups in total. The molecule has 2 aliphatic heterocycles. The van der Waals surface area contributed by atoms with Crippen LogP contribution in [0.4, 0.5) is 0 Å². The van der Waals surface area contributed by atoms with Gasteiger partial charge in [0.05, 0.1) is 13.0 Å². The topological polar surface area (TPSA) is 54.9 Å². The van der Waals surface area contributed by atoms with Crippen LogP contribution in [0.2, 0.25) is 5.02 Å². The molecule has 1 aromatic heterocycles. The number of likely N-dealkylation sites (tertiary alicyclic amines) is 1. The maximum atomic E-state index is 13.2. The summed E-state index contributed by atoms with van der Waals surface area (Å²) in [6, 6.07) is 9.47. The number of aryl methyl sites for hydroxylation is 1. The van der Waals surface area contributed by atoms with Crippen LogP contribution in [0.15, 0.2) is 42.7 Å². The van der Waals surface area contributed by atoms with Crippen LogP contribution >= 0.6 is 11.6 Å². The zero-order chi connectivity index (χ0) is 22.4. The van der Waals surface area contributed by atoms with Crippen molar-refractivity contribution in [2.45, 2.75) is 44.8 Å². The third-order valence-corrected chi connectivity index (χ3v) is 6.41. The van der Waals surface area contributed by atoms with E-state index in [1.54, 1.807) is 12.1 Å². The zero-order valence-electron chi connectivity index (χ0n) is 18.8. The molecule has 172 valence electrons. The molecule has 0 radical (unpaired) electrons. The van der Waals surface area contributed by atoms with Gasteiger partial charge in [0.1, 0.15) is 18.0 Å². The van der Waals surface area contributed by atoms with Crippen LogP contribution in [0.1, 0.15) is 36.8 Å². The molecule has 7 heteroatoms. The van der Waals surface area contributed by atoms with Crippen molar-refractivity contribution < 1.29 is 14.3 Å². The van der Waals surface area contributed by atoms with Gasteiger partial charge < -0.3 is 14.4 Å². The Labute approximate surface area is 195 Å². The fraction of sp³-hybridized carbons (Fsp3) is 0.520. The van der Waals surface area contributed by atoms with Crippen LogP contribution in [-0.4, -0.2) is 65.7 Å². The second-order valence-electron chi connectivity index (χ2n) is 8.97. The van der Waals surface area contributed by atoms with E-state index in [0.29, 0.717) is 31.2 Å². The lowest BCUT2D eigenvalue weighted by molar-refractivity contribution is -0.157. The second kappa shape index (κ2) is 10.6. The molecule has 1 unspecified atom stereocenters. The summed E-state index contributed by atoms with van der Waals surface area (Å²) in [5.74, 6) is 0.881. The molecule has 2 aromatic rings. The normalized spacial score (nSPS) is 22.0. The average Bonchev–Trinajstić information content (AvgIpc) is 2.80. The Morgan fingerprint density at radius 2 is 1.94 bits per heavy atom. The first-order valence-corrected chi connectivity index (χ1v) is 11.8. The standard InChI is InChI=1S/C25H32ClN3O3/c1-20-13-21(16-27-15-20)17-28-11-12-32-25(18-28,14-24(30)29-9-3-2-4-10-29)19-31-23-7-5-22(26)6-8-23/h5-8,13,15-16H,2-4,9-12,14,17-19H2,1H3. The summed E-state index contributed by atoms with van der Waals surface area (Å²) in [5.41, 5.74) is 1.62. The molecule has 2 aliphatic rings. The van der Waals surface area contributed by atoms with Crippen molar-refractivity contribution in [3.05, 3.63) is 58.9 Å². The maximum Gasteiger partial charge on any atom is 0.225 e. The van der Waals surface area contributed by atoms with Crippen LogP contribution in [0.3, 0.4) is 0 Å². The van der Waals surface area contributed by atoms with E-state index in [1.807, 2.05) is 29.4 Å². The summed E-state index contributed by atoms with van der Waals surface area (Å²) in [4.78, 5) is 21.8. The number of pyridine rings is 1. The first-order valence-electron chi connectivity index (χ1n) is 11.4. The Kier molecular flexibility index (Phi) is 7.66. The first kappa shape index (κ1) is 23.0. The zero-order valence-corrected chi connectivity index (χ0v) is 19.5. The smallest absolute Gasteiger partial charge is 0.225 e. The van der Waals surface area contributed by atoms with Gasteiger partial charge in [0.25, 0.3) is 0 Å². The lowest BCUT2D eigenvalue weighted by Crippen LogP contribution is -2.57. The largest absolute Gasteiger partial charge is 0.491 e. The first-order chi connectivity index (χ1) is 15.5. The minimum absolute atomic E-state index is 0.156.